The summed E-state index contributed by atoms with van der Waals surface area (Å²) < 4.78 is 4.81. The molecule has 2 aromatic rings. The van der Waals surface area contributed by atoms with Gasteiger partial charge in [-0.1, -0.05) is 18.2 Å². The minimum atomic E-state index is -1.22. The van der Waals surface area contributed by atoms with Crippen LogP contribution >= 0.6 is 0 Å². The fraction of sp³-hybridized carbons (Fsp3) is 0.167. The normalized spacial score (nSPS) is 10.6. The third-order valence-corrected chi connectivity index (χ3v) is 2.61. The fourth-order valence-corrected chi connectivity index (χ4v) is 1.80. The number of hydrogen-bond donors (Lipinski definition) is 1. The van der Waals surface area contributed by atoms with Crippen molar-refractivity contribution in [1.29, 1.82) is 0 Å². The van der Waals surface area contributed by atoms with Gasteiger partial charge in [-0.3, -0.25) is 0 Å². The number of aryl methyl sites for hydroxylation is 2. The van der Waals surface area contributed by atoms with Crippen molar-refractivity contribution < 1.29 is 14.3 Å². The second-order valence-corrected chi connectivity index (χ2v) is 3.65. The highest BCUT2D eigenvalue weighted by Gasteiger charge is 2.16. The summed E-state index contributed by atoms with van der Waals surface area (Å²) in [4.78, 5) is 22.5. The van der Waals surface area contributed by atoms with Crippen LogP contribution in [0.5, 0.6) is 0 Å². The van der Waals surface area contributed by atoms with Crippen molar-refractivity contribution in [3.05, 3.63) is 45.5 Å². The summed E-state index contributed by atoms with van der Waals surface area (Å²) in [6.07, 6.45) is 0. The molecule has 0 saturated heterocycles. The first-order valence-corrected chi connectivity index (χ1v) is 4.78. The lowest BCUT2D eigenvalue weighted by Gasteiger charge is -2.05. The van der Waals surface area contributed by atoms with Gasteiger partial charge in [0, 0.05) is 5.56 Å². The number of carboxylic acid groups (broad SMARTS) is 1. The van der Waals surface area contributed by atoms with E-state index < -0.39 is 11.6 Å². The Morgan fingerprint density at radius 2 is 2.00 bits per heavy atom. The predicted octanol–water partition coefficient (Wildman–Crippen LogP) is 2.11. The molecule has 2 rings (SSSR count). The van der Waals surface area contributed by atoms with Crippen LogP contribution in [0.2, 0.25) is 0 Å². The molecule has 0 aliphatic carbocycles. The topological polar surface area (TPSA) is 67.5 Å². The van der Waals surface area contributed by atoms with Crippen LogP contribution in [0.15, 0.2) is 27.4 Å². The molecule has 0 unspecified atom stereocenters. The smallest absolute Gasteiger partial charge is 0.372 e. The summed E-state index contributed by atoms with van der Waals surface area (Å²) in [7, 11) is 0. The van der Waals surface area contributed by atoms with Gasteiger partial charge in [0.15, 0.2) is 0 Å². The van der Waals surface area contributed by atoms with Gasteiger partial charge >= 0.3 is 11.6 Å². The van der Waals surface area contributed by atoms with Crippen LogP contribution < -0.4 is 5.63 Å². The van der Waals surface area contributed by atoms with E-state index in [0.717, 1.165) is 5.56 Å². The summed E-state index contributed by atoms with van der Waals surface area (Å²) in [5, 5.41) is 9.97. The van der Waals surface area contributed by atoms with E-state index in [-0.39, 0.29) is 5.76 Å². The molecule has 4 nitrogen and oxygen atoms in total. The highest BCUT2D eigenvalue weighted by Crippen LogP contribution is 2.21. The quantitative estimate of drug-likeness (QED) is 0.795. The third kappa shape index (κ3) is 1.39. The molecule has 0 fully saturated rings. The van der Waals surface area contributed by atoms with Gasteiger partial charge < -0.3 is 9.52 Å². The molecule has 1 aromatic heterocycles. The van der Waals surface area contributed by atoms with Gasteiger partial charge in [0.1, 0.15) is 0 Å². The van der Waals surface area contributed by atoms with E-state index in [1.54, 1.807) is 32.0 Å². The molecule has 1 N–H and O–H groups in total. The van der Waals surface area contributed by atoms with Crippen LogP contribution in [0.3, 0.4) is 0 Å². The Morgan fingerprint density at radius 1 is 1.31 bits per heavy atom. The summed E-state index contributed by atoms with van der Waals surface area (Å²) in [5.41, 5.74) is 0.660. The molecule has 1 aromatic carbocycles. The number of aromatic carboxylic acids is 1. The van der Waals surface area contributed by atoms with Crippen LogP contribution in [-0.2, 0) is 0 Å². The van der Waals surface area contributed by atoms with Crippen molar-refractivity contribution in [2.45, 2.75) is 13.8 Å². The van der Waals surface area contributed by atoms with Gasteiger partial charge in [0.05, 0.1) is 5.39 Å². The molecule has 0 radical (unpaired) electrons. The molecule has 4 heteroatoms. The van der Waals surface area contributed by atoms with Gasteiger partial charge in [-0.15, -0.1) is 0 Å². The molecule has 0 atom stereocenters. The maximum Gasteiger partial charge on any atom is 0.372 e. The minimum absolute atomic E-state index is 0.289. The summed E-state index contributed by atoms with van der Waals surface area (Å²) in [6.45, 7) is 3.42. The van der Waals surface area contributed by atoms with Gasteiger partial charge in [-0.2, -0.15) is 0 Å². The Bertz CT molecular complexity index is 637. The van der Waals surface area contributed by atoms with E-state index >= 15 is 0 Å². The number of rotatable bonds is 1. The lowest BCUT2D eigenvalue weighted by Crippen LogP contribution is -2.10. The molecule has 1 heterocycles. The van der Waals surface area contributed by atoms with Crippen LogP contribution in [-0.4, -0.2) is 11.1 Å². The van der Waals surface area contributed by atoms with Crippen molar-refractivity contribution in [2.75, 3.05) is 0 Å². The third-order valence-electron chi connectivity index (χ3n) is 2.61. The maximum absolute atomic E-state index is 11.6. The van der Waals surface area contributed by atoms with Crippen molar-refractivity contribution in [2.24, 2.45) is 0 Å². The number of carbonyl (C=O) groups is 1. The van der Waals surface area contributed by atoms with E-state index in [4.69, 9.17) is 9.52 Å². The zero-order chi connectivity index (χ0) is 11.9. The summed E-state index contributed by atoms with van der Waals surface area (Å²) in [6, 6.07) is 5.30. The molecule has 0 saturated carbocycles. The van der Waals surface area contributed by atoms with Crippen molar-refractivity contribution in [3.8, 4) is 0 Å². The average molecular weight is 218 g/mol. The van der Waals surface area contributed by atoms with Gasteiger partial charge in [-0.05, 0) is 24.8 Å². The number of benzene rings is 1. The van der Waals surface area contributed by atoms with Crippen molar-refractivity contribution in [3.63, 3.8) is 0 Å². The zero-order valence-electron chi connectivity index (χ0n) is 8.90. The van der Waals surface area contributed by atoms with E-state index in [2.05, 4.69) is 0 Å². The first kappa shape index (κ1) is 10.4. The minimum Gasteiger partial charge on any atom is -0.475 e. The highest BCUT2D eigenvalue weighted by molar-refractivity contribution is 5.95. The maximum atomic E-state index is 11.6. The zero-order valence-corrected chi connectivity index (χ0v) is 8.90. The summed E-state index contributed by atoms with van der Waals surface area (Å²) >= 11 is 0. The van der Waals surface area contributed by atoms with Crippen molar-refractivity contribution >= 4 is 16.7 Å². The van der Waals surface area contributed by atoms with Crippen LogP contribution in [0.25, 0.3) is 10.8 Å². The second-order valence-electron chi connectivity index (χ2n) is 3.65. The van der Waals surface area contributed by atoms with Crippen LogP contribution in [0.4, 0.5) is 0 Å². The number of hydrogen-bond acceptors (Lipinski definition) is 3. The van der Waals surface area contributed by atoms with E-state index in [1.807, 2.05) is 0 Å². The molecule has 0 aliphatic heterocycles. The summed E-state index contributed by atoms with van der Waals surface area (Å²) in [5.74, 6) is -1.51. The van der Waals surface area contributed by atoms with E-state index in [9.17, 15) is 9.59 Å². The number of carboxylic acids is 1. The largest absolute Gasteiger partial charge is 0.475 e. The molecule has 0 aliphatic rings. The SMILES string of the molecule is Cc1c(C(=O)O)oc(=O)c2c(C)cccc12. The molecular weight excluding hydrogens is 208 g/mol. The molecule has 0 bridgehead atoms. The van der Waals surface area contributed by atoms with E-state index in [0.29, 0.717) is 16.3 Å². The lowest BCUT2D eigenvalue weighted by molar-refractivity contribution is 0.0656. The predicted molar refractivity (Wildman–Crippen MR) is 58.9 cm³/mol. The van der Waals surface area contributed by atoms with Crippen molar-refractivity contribution in [1.82, 2.24) is 0 Å². The average Bonchev–Trinajstić information content (AvgIpc) is 2.22. The molecule has 82 valence electrons. The van der Waals surface area contributed by atoms with Crippen LogP contribution in [0, 0.1) is 13.8 Å². The Labute approximate surface area is 91.1 Å². The Hall–Kier alpha value is -2.10. The first-order chi connectivity index (χ1) is 7.52. The first-order valence-electron chi connectivity index (χ1n) is 4.78. The van der Waals surface area contributed by atoms with Gasteiger partial charge in [-0.25, -0.2) is 9.59 Å². The fourth-order valence-electron chi connectivity index (χ4n) is 1.80. The Kier molecular flexibility index (Phi) is 2.27. The molecule has 0 spiro atoms. The Morgan fingerprint density at radius 3 is 2.62 bits per heavy atom. The van der Waals surface area contributed by atoms with Gasteiger partial charge in [0.2, 0.25) is 5.76 Å². The number of fused-ring (bicyclic) bond motifs is 1. The monoisotopic (exact) mass is 218 g/mol. The molecule has 16 heavy (non-hydrogen) atoms. The highest BCUT2D eigenvalue weighted by atomic mass is 16.4. The van der Waals surface area contributed by atoms with Gasteiger partial charge in [0.25, 0.3) is 0 Å². The second kappa shape index (κ2) is 3.48. The van der Waals surface area contributed by atoms with E-state index in [1.165, 1.54) is 0 Å². The van der Waals surface area contributed by atoms with Crippen LogP contribution in [0.1, 0.15) is 21.7 Å². The Balaban J connectivity index is 3.02. The lowest BCUT2D eigenvalue weighted by atomic mass is 10.0. The standard InChI is InChI=1S/C12H10O4/c1-6-4-3-5-8-7(2)10(11(13)14)16-12(15)9(6)8/h3-5H,1-2H3,(H,13,14). The molecule has 0 amide bonds. The molecular formula is C12H10O4.